The van der Waals surface area contributed by atoms with Crippen LogP contribution in [0.25, 0.3) is 11.3 Å². The molecule has 0 atom stereocenters. The third kappa shape index (κ3) is 5.73. The van der Waals surface area contributed by atoms with Gasteiger partial charge in [0, 0.05) is 49.2 Å². The molecule has 0 aliphatic carbocycles. The second kappa shape index (κ2) is 10.8. The van der Waals surface area contributed by atoms with Gasteiger partial charge in [0.1, 0.15) is 11.4 Å². The number of pyridine rings is 1. The molecule has 0 radical (unpaired) electrons. The lowest BCUT2D eigenvalue weighted by atomic mass is 9.77. The van der Waals surface area contributed by atoms with Gasteiger partial charge in [-0.2, -0.15) is 0 Å². The first kappa shape index (κ1) is 29.2. The summed E-state index contributed by atoms with van der Waals surface area (Å²) in [7, 11) is 0. The molecule has 0 bridgehead atoms. The first-order valence-electron chi connectivity index (χ1n) is 13.8. The number of rotatable bonds is 5. The van der Waals surface area contributed by atoms with Gasteiger partial charge in [0.2, 0.25) is 5.91 Å². The first-order chi connectivity index (χ1) is 19.7. The lowest BCUT2D eigenvalue weighted by molar-refractivity contribution is -0.134. The summed E-state index contributed by atoms with van der Waals surface area (Å²) in [4.78, 5) is 49.0. The molecule has 5 rings (SSSR count). The van der Waals surface area contributed by atoms with E-state index in [1.165, 1.54) is 23.2 Å². The SMILES string of the molecule is CC(C)(C)OC(=O)N1CCN(c2ccc3c(c2)C(=O)N(Cc2ccc(-c4ccc(C(F)F)o4)cn2)C(=O)C3(C)C)CC1. The molecule has 11 heteroatoms. The molecular formula is C31H34F2N4O5. The second-order valence-corrected chi connectivity index (χ2v) is 12.0. The van der Waals surface area contributed by atoms with Crippen LogP contribution in [0, 0.1) is 0 Å². The average molecular weight is 581 g/mol. The Morgan fingerprint density at radius 2 is 1.76 bits per heavy atom. The van der Waals surface area contributed by atoms with Crippen LogP contribution in [-0.4, -0.2) is 64.5 Å². The number of carbonyl (C=O) groups excluding carboxylic acids is 3. The number of imide groups is 1. The number of alkyl halides is 2. The van der Waals surface area contributed by atoms with Gasteiger partial charge in [-0.3, -0.25) is 19.5 Å². The lowest BCUT2D eigenvalue weighted by Gasteiger charge is -2.39. The van der Waals surface area contributed by atoms with Crippen molar-refractivity contribution in [1.29, 1.82) is 0 Å². The van der Waals surface area contributed by atoms with Crippen molar-refractivity contribution in [2.24, 2.45) is 0 Å². The molecule has 42 heavy (non-hydrogen) atoms. The van der Waals surface area contributed by atoms with Crippen LogP contribution in [0.2, 0.25) is 0 Å². The monoisotopic (exact) mass is 580 g/mol. The summed E-state index contributed by atoms with van der Waals surface area (Å²) in [6.45, 7) is 11.2. The molecule has 1 aromatic carbocycles. The summed E-state index contributed by atoms with van der Waals surface area (Å²) in [6, 6.07) is 11.5. The van der Waals surface area contributed by atoms with E-state index < -0.39 is 29.1 Å². The first-order valence-corrected chi connectivity index (χ1v) is 13.8. The van der Waals surface area contributed by atoms with Crippen LogP contribution in [0.3, 0.4) is 0 Å². The van der Waals surface area contributed by atoms with Gasteiger partial charge in [-0.25, -0.2) is 13.6 Å². The van der Waals surface area contributed by atoms with Crippen molar-refractivity contribution in [3.63, 3.8) is 0 Å². The van der Waals surface area contributed by atoms with Gasteiger partial charge in [0.05, 0.1) is 17.7 Å². The second-order valence-electron chi connectivity index (χ2n) is 12.0. The van der Waals surface area contributed by atoms with Crippen LogP contribution >= 0.6 is 0 Å². The highest BCUT2D eigenvalue weighted by molar-refractivity contribution is 6.13. The van der Waals surface area contributed by atoms with Crippen molar-refractivity contribution in [3.8, 4) is 11.3 Å². The quantitative estimate of drug-likeness (QED) is 0.352. The van der Waals surface area contributed by atoms with Crippen molar-refractivity contribution >= 4 is 23.6 Å². The predicted molar refractivity (Wildman–Crippen MR) is 151 cm³/mol. The number of carbonyl (C=O) groups is 3. The van der Waals surface area contributed by atoms with Gasteiger partial charge >= 0.3 is 6.09 Å². The molecule has 3 aromatic rings. The Labute approximate surface area is 243 Å². The van der Waals surface area contributed by atoms with Crippen LogP contribution in [0.1, 0.15) is 68.4 Å². The molecule has 2 aromatic heterocycles. The Morgan fingerprint density at radius 3 is 2.36 bits per heavy atom. The summed E-state index contributed by atoms with van der Waals surface area (Å²) in [5, 5.41) is 0. The van der Waals surface area contributed by atoms with E-state index in [1.54, 1.807) is 30.9 Å². The fourth-order valence-corrected chi connectivity index (χ4v) is 5.21. The minimum absolute atomic E-state index is 0.0416. The molecule has 0 N–H and O–H groups in total. The van der Waals surface area contributed by atoms with E-state index in [0.29, 0.717) is 48.6 Å². The van der Waals surface area contributed by atoms with Gasteiger partial charge in [-0.1, -0.05) is 6.07 Å². The largest absolute Gasteiger partial charge is 0.455 e. The fourth-order valence-electron chi connectivity index (χ4n) is 5.21. The summed E-state index contributed by atoms with van der Waals surface area (Å²) >= 11 is 0. The minimum atomic E-state index is -2.71. The van der Waals surface area contributed by atoms with E-state index in [2.05, 4.69) is 9.88 Å². The zero-order chi connectivity index (χ0) is 30.4. The number of fused-ring (bicyclic) bond motifs is 1. The molecule has 3 amide bonds. The van der Waals surface area contributed by atoms with E-state index in [4.69, 9.17) is 9.15 Å². The topological polar surface area (TPSA) is 96.2 Å². The fraction of sp³-hybridized carbons (Fsp3) is 0.419. The van der Waals surface area contributed by atoms with E-state index >= 15 is 0 Å². The number of nitrogens with zero attached hydrogens (tertiary/aromatic N) is 4. The standard InChI is InChI=1S/C31H34F2N4O5/c1-30(2,3)42-29(40)36-14-12-35(13-15-36)21-8-9-23-22(16-21)27(38)37(28(39)31(23,4)5)18-20-7-6-19(17-34-20)24-10-11-25(41-24)26(32)33/h6-11,16-17,26H,12-15,18H2,1-5H3. The van der Waals surface area contributed by atoms with Crippen LogP contribution in [0.5, 0.6) is 0 Å². The zero-order valence-corrected chi connectivity index (χ0v) is 24.3. The molecule has 1 fully saturated rings. The highest BCUT2D eigenvalue weighted by atomic mass is 19.3. The van der Waals surface area contributed by atoms with Gasteiger partial charge in [0.15, 0.2) is 5.76 Å². The number of aromatic nitrogens is 1. The Hall–Kier alpha value is -4.28. The molecule has 0 spiro atoms. The Bertz CT molecular complexity index is 1500. The highest BCUT2D eigenvalue weighted by Crippen LogP contribution is 2.37. The molecule has 0 unspecified atom stereocenters. The molecule has 222 valence electrons. The van der Waals surface area contributed by atoms with Crippen LogP contribution < -0.4 is 4.90 Å². The summed E-state index contributed by atoms with van der Waals surface area (Å²) in [6.07, 6.45) is -1.59. The number of hydrogen-bond acceptors (Lipinski definition) is 7. The normalized spacial score (nSPS) is 17.1. The van der Waals surface area contributed by atoms with E-state index in [9.17, 15) is 23.2 Å². The number of anilines is 1. The maximum atomic E-state index is 13.7. The number of amides is 3. The zero-order valence-electron chi connectivity index (χ0n) is 24.3. The molecule has 9 nitrogen and oxygen atoms in total. The molecular weight excluding hydrogens is 546 g/mol. The van der Waals surface area contributed by atoms with E-state index in [1.807, 2.05) is 39.0 Å². The summed E-state index contributed by atoms with van der Waals surface area (Å²) in [5.74, 6) is -0.924. The summed E-state index contributed by atoms with van der Waals surface area (Å²) < 4.78 is 36.4. The molecule has 2 aliphatic rings. The number of piperazine rings is 1. The molecule has 2 aliphatic heterocycles. The molecule has 1 saturated heterocycles. The summed E-state index contributed by atoms with van der Waals surface area (Å²) in [5.41, 5.74) is 1.38. The van der Waals surface area contributed by atoms with Gasteiger partial charge in [-0.05, 0) is 76.6 Å². The Morgan fingerprint density at radius 1 is 1.05 bits per heavy atom. The van der Waals surface area contributed by atoms with E-state index in [-0.39, 0.29) is 24.3 Å². The van der Waals surface area contributed by atoms with Gasteiger partial charge in [-0.15, -0.1) is 0 Å². The van der Waals surface area contributed by atoms with E-state index in [0.717, 1.165) is 5.69 Å². The Kier molecular flexibility index (Phi) is 7.55. The van der Waals surface area contributed by atoms with Crippen molar-refractivity contribution in [2.45, 2.75) is 58.6 Å². The highest BCUT2D eigenvalue weighted by Gasteiger charge is 2.44. The third-order valence-corrected chi connectivity index (χ3v) is 7.50. The average Bonchev–Trinajstić information content (AvgIpc) is 3.45. The predicted octanol–water partition coefficient (Wildman–Crippen LogP) is 5.80. The number of benzene rings is 1. The van der Waals surface area contributed by atoms with Crippen molar-refractivity contribution < 1.29 is 32.3 Å². The van der Waals surface area contributed by atoms with Gasteiger partial charge < -0.3 is 19.0 Å². The molecule has 0 saturated carbocycles. The minimum Gasteiger partial charge on any atom is -0.455 e. The van der Waals surface area contributed by atoms with Crippen molar-refractivity contribution in [2.75, 3.05) is 31.1 Å². The number of halogens is 2. The number of furan rings is 1. The molecule has 4 heterocycles. The van der Waals surface area contributed by atoms with Crippen LogP contribution in [-0.2, 0) is 21.5 Å². The van der Waals surface area contributed by atoms with Crippen LogP contribution in [0.15, 0.2) is 53.1 Å². The maximum Gasteiger partial charge on any atom is 0.410 e. The van der Waals surface area contributed by atoms with Gasteiger partial charge in [0.25, 0.3) is 12.3 Å². The number of hydrogen-bond donors (Lipinski definition) is 0. The lowest BCUT2D eigenvalue weighted by Crippen LogP contribution is -2.52. The maximum absolute atomic E-state index is 13.7. The Balaban J connectivity index is 1.32. The smallest absolute Gasteiger partial charge is 0.410 e. The third-order valence-electron chi connectivity index (χ3n) is 7.50. The van der Waals surface area contributed by atoms with Crippen LogP contribution in [0.4, 0.5) is 19.3 Å². The number of ether oxygens (including phenoxy) is 1. The van der Waals surface area contributed by atoms with Crippen molar-refractivity contribution in [1.82, 2.24) is 14.8 Å². The van der Waals surface area contributed by atoms with Crippen molar-refractivity contribution in [3.05, 3.63) is 71.2 Å².